The van der Waals surface area contributed by atoms with Gasteiger partial charge in [0, 0.05) is 9.52 Å². The monoisotopic (exact) mass is 736 g/mol. The third kappa shape index (κ3) is 10.9. The molecule has 0 N–H and O–H groups in total. The van der Waals surface area contributed by atoms with E-state index < -0.39 is 28.9 Å². The van der Waals surface area contributed by atoms with Gasteiger partial charge in [-0.05, 0) is 23.8 Å². The van der Waals surface area contributed by atoms with Crippen LogP contribution in [0, 0.1) is 0 Å². The van der Waals surface area contributed by atoms with Crippen molar-refractivity contribution in [3.63, 3.8) is 0 Å². The number of halogens is 2. The number of benzene rings is 3. The van der Waals surface area contributed by atoms with Crippen LogP contribution in [0.2, 0.25) is 32.7 Å². The molecule has 0 aliphatic carbocycles. The van der Waals surface area contributed by atoms with Crippen LogP contribution in [0.1, 0.15) is 76.0 Å². The Bertz CT molecular complexity index is 1520. The molecule has 0 nitrogen and oxygen atoms in total. The first-order valence-corrected chi connectivity index (χ1v) is 27.9. The molecule has 5 heteroatoms. The van der Waals surface area contributed by atoms with Crippen LogP contribution in [0.4, 0.5) is 0 Å². The summed E-state index contributed by atoms with van der Waals surface area (Å²) in [6.07, 6.45) is 3.53. The summed E-state index contributed by atoms with van der Waals surface area (Å²) in [5.41, 5.74) is 7.12. The van der Waals surface area contributed by atoms with Crippen LogP contribution in [0.25, 0.3) is 32.7 Å². The van der Waals surface area contributed by atoms with E-state index in [1.807, 2.05) is 0 Å². The Labute approximate surface area is 291 Å². The maximum absolute atomic E-state index is 4.93. The van der Waals surface area contributed by atoms with Gasteiger partial charge in [0.25, 0.3) is 0 Å². The first kappa shape index (κ1) is 39.0. The molecule has 0 saturated heterocycles. The van der Waals surface area contributed by atoms with Gasteiger partial charge in [-0.2, -0.15) is 12.1 Å². The van der Waals surface area contributed by atoms with E-state index in [9.17, 15) is 0 Å². The van der Waals surface area contributed by atoms with Crippen molar-refractivity contribution in [2.75, 3.05) is 0 Å². The number of hydrogen-bond donors (Lipinski definition) is 0. The zero-order chi connectivity index (χ0) is 32.9. The molecule has 2 atom stereocenters. The summed E-state index contributed by atoms with van der Waals surface area (Å²) in [6.45, 7) is 22.9. The summed E-state index contributed by atoms with van der Waals surface area (Å²) in [4.78, 5) is 0. The molecule has 44 heavy (non-hydrogen) atoms. The summed E-state index contributed by atoms with van der Waals surface area (Å²) in [6, 6.07) is 32.0. The molecule has 5 aromatic rings. The van der Waals surface area contributed by atoms with Gasteiger partial charge in [0.2, 0.25) is 0 Å². The first-order chi connectivity index (χ1) is 21.0. The molecule has 5 aromatic carbocycles. The van der Waals surface area contributed by atoms with Crippen LogP contribution in [-0.2, 0) is 27.3 Å². The number of aryl methyl sites for hydroxylation is 1. The second kappa shape index (κ2) is 19.4. The fourth-order valence-electron chi connectivity index (χ4n) is 5.35. The van der Waals surface area contributed by atoms with Crippen molar-refractivity contribution >= 4 is 61.4 Å². The van der Waals surface area contributed by atoms with E-state index in [1.165, 1.54) is 67.4 Å². The Morgan fingerprint density at radius 3 is 1.82 bits per heavy atom. The SMILES string of the molecule is CCC(C)c1cc2c(C(C)CC)cccc2[cH-]1.CCc1cc2c(-c3ccc([Si](C)(C)C)cc3)cccc2[cH-]1.C[Si]C.[Cl][Zr+2][Cl]. The van der Waals surface area contributed by atoms with E-state index in [0.717, 1.165) is 15.9 Å². The fourth-order valence-corrected chi connectivity index (χ4v) is 6.52. The van der Waals surface area contributed by atoms with Gasteiger partial charge in [0.15, 0.2) is 0 Å². The van der Waals surface area contributed by atoms with Crippen LogP contribution < -0.4 is 5.19 Å². The van der Waals surface area contributed by atoms with Crippen molar-refractivity contribution < 1.29 is 20.8 Å². The summed E-state index contributed by atoms with van der Waals surface area (Å²) in [5.74, 6) is 1.33. The van der Waals surface area contributed by atoms with E-state index in [2.05, 4.69) is 152 Å². The minimum absolute atomic E-state index is 0.658. The van der Waals surface area contributed by atoms with Crippen LogP contribution in [-0.4, -0.2) is 17.6 Å². The van der Waals surface area contributed by atoms with E-state index in [-0.39, 0.29) is 0 Å². The van der Waals surface area contributed by atoms with Crippen molar-refractivity contribution in [1.29, 1.82) is 0 Å². The molecule has 0 aliphatic heterocycles. The van der Waals surface area contributed by atoms with Crippen LogP contribution in [0.5, 0.6) is 0 Å². The average Bonchev–Trinajstić information content (AvgIpc) is 3.65. The second-order valence-electron chi connectivity index (χ2n) is 12.7. The molecule has 0 heterocycles. The van der Waals surface area contributed by atoms with Crippen molar-refractivity contribution in [2.24, 2.45) is 0 Å². The van der Waals surface area contributed by atoms with Gasteiger partial charge in [0.05, 0.1) is 8.07 Å². The standard InChI is InChI=1S/C20H23Si.C17H23.C2H6Si.2ClH.Zr/c1-5-15-13-17-7-6-8-19(20(17)14-15)16-9-11-18(12-10-16)21(2,3)4;1-5-12(3)15-10-14-8-7-9-16(13(4)6-2)17(14)11-15;1-3-2;;;/h6-14H,5H2,1-4H3;7-13H,5-6H2,1-4H3;1-2H3;2*1H;/q2*-1;;;;+4/p-2. The molecule has 0 spiro atoms. The second-order valence-corrected chi connectivity index (χ2v) is 22.5. The normalized spacial score (nSPS) is 12.2. The van der Waals surface area contributed by atoms with E-state index in [1.54, 1.807) is 0 Å². The first-order valence-electron chi connectivity index (χ1n) is 16.0. The van der Waals surface area contributed by atoms with Crippen molar-refractivity contribution in [3.05, 3.63) is 102 Å². The van der Waals surface area contributed by atoms with Gasteiger partial charge in [-0.15, -0.1) is 69.1 Å². The third-order valence-corrected chi connectivity index (χ3v) is 10.5. The Hall–Kier alpha value is -1.22. The molecule has 2 unspecified atom stereocenters. The summed E-state index contributed by atoms with van der Waals surface area (Å²) in [5, 5.41) is 7.15. The van der Waals surface area contributed by atoms with Gasteiger partial charge in [-0.25, -0.2) is 0 Å². The van der Waals surface area contributed by atoms with Gasteiger partial charge < -0.3 is 0 Å². The Morgan fingerprint density at radius 2 is 1.30 bits per heavy atom. The van der Waals surface area contributed by atoms with Gasteiger partial charge in [0.1, 0.15) is 0 Å². The van der Waals surface area contributed by atoms with Gasteiger partial charge in [-0.3, -0.25) is 0 Å². The average molecular weight is 739 g/mol. The molecule has 0 bridgehead atoms. The molecular formula is C39H52Cl2Si2Zr. The van der Waals surface area contributed by atoms with Crippen LogP contribution in [0.15, 0.2) is 84.9 Å². The summed E-state index contributed by atoms with van der Waals surface area (Å²) >= 11 is -0.826. The van der Waals surface area contributed by atoms with E-state index >= 15 is 0 Å². The molecule has 0 saturated carbocycles. The topological polar surface area (TPSA) is 0 Å². The Kier molecular flexibility index (Phi) is 17.2. The molecule has 5 rings (SSSR count). The zero-order valence-electron chi connectivity index (χ0n) is 28.6. The van der Waals surface area contributed by atoms with Crippen molar-refractivity contribution in [2.45, 2.75) is 98.5 Å². The molecular weight excluding hydrogens is 687 g/mol. The predicted molar refractivity (Wildman–Crippen MR) is 203 cm³/mol. The maximum atomic E-state index is 4.93. The Morgan fingerprint density at radius 1 is 0.750 bits per heavy atom. The van der Waals surface area contributed by atoms with Crippen LogP contribution >= 0.6 is 17.0 Å². The third-order valence-electron chi connectivity index (χ3n) is 8.41. The van der Waals surface area contributed by atoms with Gasteiger partial charge >= 0.3 is 37.9 Å². The van der Waals surface area contributed by atoms with E-state index in [0.29, 0.717) is 11.8 Å². The minimum atomic E-state index is -1.21. The van der Waals surface area contributed by atoms with E-state index in [4.69, 9.17) is 17.0 Å². The Balaban J connectivity index is 0.000000265. The summed E-state index contributed by atoms with van der Waals surface area (Å²) in [7, 11) is 9.74. The molecule has 0 fully saturated rings. The zero-order valence-corrected chi connectivity index (χ0v) is 34.6. The van der Waals surface area contributed by atoms with Crippen LogP contribution in [0.3, 0.4) is 0 Å². The fraction of sp³-hybridized carbons (Fsp3) is 0.385. The molecule has 0 aromatic heterocycles. The van der Waals surface area contributed by atoms with Crippen molar-refractivity contribution in [1.82, 2.24) is 0 Å². The molecule has 0 amide bonds. The number of hydrogen-bond acceptors (Lipinski definition) is 0. The summed E-state index contributed by atoms with van der Waals surface area (Å²) < 4.78 is 0. The molecule has 2 radical (unpaired) electrons. The van der Waals surface area contributed by atoms with Crippen molar-refractivity contribution in [3.8, 4) is 11.1 Å². The molecule has 234 valence electrons. The quantitative estimate of drug-likeness (QED) is 0.115. The predicted octanol–water partition coefficient (Wildman–Crippen LogP) is 13.1. The number of rotatable bonds is 7. The van der Waals surface area contributed by atoms with Gasteiger partial charge in [-0.1, -0.05) is 133 Å². The number of fused-ring (bicyclic) bond motifs is 2. The molecule has 0 aliphatic rings.